The van der Waals surface area contributed by atoms with Crippen LogP contribution in [0, 0.1) is 0 Å². The van der Waals surface area contributed by atoms with E-state index < -0.39 is 0 Å². The van der Waals surface area contributed by atoms with Crippen LogP contribution in [0.15, 0.2) is 77.9 Å². The molecule has 5 heteroatoms. The number of hydrogen-bond donors (Lipinski definition) is 1. The first-order valence-electron chi connectivity index (χ1n) is 9.18. The monoisotopic (exact) mass is 356 g/mol. The minimum absolute atomic E-state index is 0.0957. The molecule has 0 saturated carbocycles. The van der Waals surface area contributed by atoms with Crippen molar-refractivity contribution < 1.29 is 4.42 Å². The summed E-state index contributed by atoms with van der Waals surface area (Å²) >= 11 is 0. The summed E-state index contributed by atoms with van der Waals surface area (Å²) in [6, 6.07) is 16.6. The molecule has 0 fully saturated rings. The zero-order valence-electron chi connectivity index (χ0n) is 14.9. The lowest BCUT2D eigenvalue weighted by molar-refractivity contribution is 0.200. The van der Waals surface area contributed by atoms with Crippen molar-refractivity contribution in [3.63, 3.8) is 0 Å². The van der Waals surface area contributed by atoms with Crippen LogP contribution in [0.5, 0.6) is 0 Å². The van der Waals surface area contributed by atoms with Gasteiger partial charge in [0.2, 0.25) is 0 Å². The molecule has 0 saturated heterocycles. The van der Waals surface area contributed by atoms with Crippen LogP contribution in [-0.4, -0.2) is 26.4 Å². The number of H-pyrrole nitrogens is 1. The lowest BCUT2D eigenvalue weighted by Gasteiger charge is -2.35. The summed E-state index contributed by atoms with van der Waals surface area (Å²) in [5.41, 5.74) is 5.88. The number of rotatable bonds is 4. The molecule has 1 aliphatic heterocycles. The van der Waals surface area contributed by atoms with E-state index in [1.807, 2.05) is 30.6 Å². The quantitative estimate of drug-likeness (QED) is 0.595. The minimum Gasteiger partial charge on any atom is -0.464 e. The Morgan fingerprint density at radius 2 is 2.07 bits per heavy atom. The summed E-state index contributed by atoms with van der Waals surface area (Å²) in [6.07, 6.45) is 8.25. The topological polar surface area (TPSA) is 58.0 Å². The van der Waals surface area contributed by atoms with E-state index in [1.165, 1.54) is 16.8 Å². The number of aromatic amines is 1. The molecule has 1 unspecified atom stereocenters. The van der Waals surface area contributed by atoms with E-state index in [0.29, 0.717) is 0 Å². The average Bonchev–Trinajstić information content (AvgIpc) is 3.41. The summed E-state index contributed by atoms with van der Waals surface area (Å²) < 4.78 is 5.66. The van der Waals surface area contributed by atoms with Gasteiger partial charge in [-0.15, -0.1) is 0 Å². The number of aromatic nitrogens is 3. The van der Waals surface area contributed by atoms with Gasteiger partial charge in [0, 0.05) is 43.2 Å². The maximum absolute atomic E-state index is 5.66. The standard InChI is InChI=1S/C22H20N4O/c1-2-7-18(20-8-4-12-27-20)17(5-1)14-26-11-9-19-21(25-15-24-19)22(26)16-6-3-10-23-13-16/h1-8,10,12-13,15,22H,9,11,14H2,(H,24,25). The predicted octanol–water partition coefficient (Wildman–Crippen LogP) is 4.21. The predicted molar refractivity (Wildman–Crippen MR) is 103 cm³/mol. The molecule has 4 heterocycles. The van der Waals surface area contributed by atoms with Gasteiger partial charge in [0.15, 0.2) is 0 Å². The molecule has 1 aromatic carbocycles. The van der Waals surface area contributed by atoms with Gasteiger partial charge < -0.3 is 9.40 Å². The Balaban J connectivity index is 1.54. The number of benzene rings is 1. The molecule has 0 radical (unpaired) electrons. The zero-order valence-corrected chi connectivity index (χ0v) is 14.9. The van der Waals surface area contributed by atoms with Crippen molar-refractivity contribution in [3.8, 4) is 11.3 Å². The number of furan rings is 1. The smallest absolute Gasteiger partial charge is 0.134 e. The Hall–Kier alpha value is -3.18. The van der Waals surface area contributed by atoms with E-state index in [9.17, 15) is 0 Å². The third kappa shape index (κ3) is 2.96. The van der Waals surface area contributed by atoms with Crippen LogP contribution in [0.1, 0.15) is 28.6 Å². The van der Waals surface area contributed by atoms with E-state index in [1.54, 1.807) is 12.6 Å². The van der Waals surface area contributed by atoms with Gasteiger partial charge in [-0.25, -0.2) is 4.98 Å². The van der Waals surface area contributed by atoms with Gasteiger partial charge in [-0.2, -0.15) is 0 Å². The molecule has 1 aliphatic rings. The van der Waals surface area contributed by atoms with Crippen LogP contribution >= 0.6 is 0 Å². The van der Waals surface area contributed by atoms with Crippen molar-refractivity contribution in [3.05, 3.63) is 96.0 Å². The molecule has 4 aromatic rings. The van der Waals surface area contributed by atoms with Crippen LogP contribution in [0.2, 0.25) is 0 Å². The molecule has 5 rings (SSSR count). The van der Waals surface area contributed by atoms with E-state index in [0.717, 1.165) is 36.5 Å². The number of imidazole rings is 1. The maximum atomic E-state index is 5.66. The van der Waals surface area contributed by atoms with Crippen molar-refractivity contribution in [1.82, 2.24) is 19.9 Å². The fourth-order valence-electron chi connectivity index (χ4n) is 3.95. The lowest BCUT2D eigenvalue weighted by Crippen LogP contribution is -2.36. The third-order valence-corrected chi connectivity index (χ3v) is 5.20. The molecule has 1 atom stereocenters. The van der Waals surface area contributed by atoms with Gasteiger partial charge in [-0.05, 0) is 29.3 Å². The van der Waals surface area contributed by atoms with Crippen molar-refractivity contribution in [2.45, 2.75) is 19.0 Å². The molecule has 1 N–H and O–H groups in total. The Kier molecular flexibility index (Phi) is 4.07. The molecule has 5 nitrogen and oxygen atoms in total. The minimum atomic E-state index is 0.0957. The van der Waals surface area contributed by atoms with Crippen LogP contribution < -0.4 is 0 Å². The molecule has 3 aromatic heterocycles. The summed E-state index contributed by atoms with van der Waals surface area (Å²) in [7, 11) is 0. The van der Waals surface area contributed by atoms with Gasteiger partial charge >= 0.3 is 0 Å². The van der Waals surface area contributed by atoms with Crippen LogP contribution in [0.25, 0.3) is 11.3 Å². The fourth-order valence-corrected chi connectivity index (χ4v) is 3.95. The van der Waals surface area contributed by atoms with E-state index in [2.05, 4.69) is 50.2 Å². The number of nitrogens with zero attached hydrogens (tertiary/aromatic N) is 3. The largest absolute Gasteiger partial charge is 0.464 e. The highest BCUT2D eigenvalue weighted by Crippen LogP contribution is 2.35. The Labute approximate surface area is 157 Å². The second-order valence-electron chi connectivity index (χ2n) is 6.81. The summed E-state index contributed by atoms with van der Waals surface area (Å²) in [4.78, 5) is 14.7. The normalized spacial score (nSPS) is 17.0. The summed E-state index contributed by atoms with van der Waals surface area (Å²) in [5.74, 6) is 0.904. The number of hydrogen-bond acceptors (Lipinski definition) is 4. The molecular weight excluding hydrogens is 336 g/mol. The SMILES string of the molecule is c1cncc(C2c3nc[nH]c3CCN2Cc2ccccc2-c2ccco2)c1. The van der Waals surface area contributed by atoms with E-state index in [-0.39, 0.29) is 6.04 Å². The number of nitrogens with one attached hydrogen (secondary N) is 1. The van der Waals surface area contributed by atoms with Crippen LogP contribution in [-0.2, 0) is 13.0 Å². The van der Waals surface area contributed by atoms with Gasteiger partial charge in [-0.3, -0.25) is 9.88 Å². The number of fused-ring (bicyclic) bond motifs is 1. The van der Waals surface area contributed by atoms with Gasteiger partial charge in [-0.1, -0.05) is 30.3 Å². The summed E-state index contributed by atoms with van der Waals surface area (Å²) in [6.45, 7) is 1.78. The van der Waals surface area contributed by atoms with E-state index >= 15 is 0 Å². The third-order valence-electron chi connectivity index (χ3n) is 5.20. The second-order valence-corrected chi connectivity index (χ2v) is 6.81. The van der Waals surface area contributed by atoms with Crippen molar-refractivity contribution in [2.75, 3.05) is 6.54 Å². The average molecular weight is 356 g/mol. The Morgan fingerprint density at radius 3 is 2.93 bits per heavy atom. The first-order chi connectivity index (χ1) is 13.4. The molecule has 0 spiro atoms. The molecule has 0 bridgehead atoms. The van der Waals surface area contributed by atoms with Crippen LogP contribution in [0.4, 0.5) is 0 Å². The van der Waals surface area contributed by atoms with Crippen molar-refractivity contribution in [1.29, 1.82) is 0 Å². The van der Waals surface area contributed by atoms with Crippen molar-refractivity contribution >= 4 is 0 Å². The zero-order chi connectivity index (χ0) is 18.1. The molecule has 0 amide bonds. The Bertz CT molecular complexity index is 1020. The first-order valence-corrected chi connectivity index (χ1v) is 9.18. The van der Waals surface area contributed by atoms with E-state index in [4.69, 9.17) is 4.42 Å². The van der Waals surface area contributed by atoms with Gasteiger partial charge in [0.1, 0.15) is 5.76 Å². The maximum Gasteiger partial charge on any atom is 0.134 e. The molecule has 134 valence electrons. The molecular formula is C22H20N4O. The highest BCUT2D eigenvalue weighted by atomic mass is 16.3. The van der Waals surface area contributed by atoms with Crippen molar-refractivity contribution in [2.24, 2.45) is 0 Å². The molecule has 0 aliphatic carbocycles. The lowest BCUT2D eigenvalue weighted by atomic mass is 9.95. The fraction of sp³-hybridized carbons (Fsp3) is 0.182. The van der Waals surface area contributed by atoms with Crippen LogP contribution in [0.3, 0.4) is 0 Å². The number of pyridine rings is 1. The Morgan fingerprint density at radius 1 is 1.11 bits per heavy atom. The van der Waals surface area contributed by atoms with Gasteiger partial charge in [0.05, 0.1) is 24.3 Å². The summed E-state index contributed by atoms with van der Waals surface area (Å²) in [5, 5.41) is 0. The first kappa shape index (κ1) is 16.0. The second kappa shape index (κ2) is 6.85. The highest BCUT2D eigenvalue weighted by molar-refractivity contribution is 5.62. The highest BCUT2D eigenvalue weighted by Gasteiger charge is 2.31. The molecule has 27 heavy (non-hydrogen) atoms. The van der Waals surface area contributed by atoms with Gasteiger partial charge in [0.25, 0.3) is 0 Å².